The van der Waals surface area contributed by atoms with Crippen LogP contribution in [0.15, 0.2) is 90.5 Å². The lowest BCUT2D eigenvalue weighted by atomic mass is 9.83. The molecule has 1 aliphatic heterocycles. The van der Waals surface area contributed by atoms with E-state index in [4.69, 9.17) is 0 Å². The molecule has 1 saturated heterocycles. The highest BCUT2D eigenvalue weighted by atomic mass is 16.4. The van der Waals surface area contributed by atoms with E-state index in [9.17, 15) is 15.0 Å². The number of aliphatic hydroxyl groups is 1. The average Bonchev–Trinajstić information content (AvgIpc) is 2.91. The summed E-state index contributed by atoms with van der Waals surface area (Å²) in [5.74, 6) is -0.865. The lowest BCUT2D eigenvalue weighted by molar-refractivity contribution is -0.142. The molecule has 4 heteroatoms. The molecule has 1 unspecified atom stereocenters. The Hall–Kier alpha value is -3.21. The number of carbonyl (C=O) groups is 1. The van der Waals surface area contributed by atoms with Crippen LogP contribution >= 0.6 is 0 Å². The minimum absolute atomic E-state index is 0.586. The van der Waals surface area contributed by atoms with Gasteiger partial charge in [0.2, 0.25) is 0 Å². The molecule has 1 fully saturated rings. The summed E-state index contributed by atoms with van der Waals surface area (Å²) in [5, 5.41) is 20.3. The molecule has 0 saturated carbocycles. The van der Waals surface area contributed by atoms with Crippen molar-refractivity contribution in [3.63, 3.8) is 0 Å². The highest BCUT2D eigenvalue weighted by molar-refractivity contribution is 5.82. The maximum atomic E-state index is 11.6. The number of benzene rings is 3. The molecule has 0 aromatic heterocycles. The number of piperidine rings is 1. The van der Waals surface area contributed by atoms with Crippen molar-refractivity contribution in [1.29, 1.82) is 0 Å². The van der Waals surface area contributed by atoms with Gasteiger partial charge in [0.1, 0.15) is 0 Å². The van der Waals surface area contributed by atoms with Crippen LogP contribution in [0.1, 0.15) is 67.9 Å². The van der Waals surface area contributed by atoms with E-state index in [-0.39, 0.29) is 0 Å². The van der Waals surface area contributed by atoms with Crippen LogP contribution in [-0.4, -0.2) is 40.7 Å². The number of rotatable bonds is 9. The number of hydrogen-bond acceptors (Lipinski definition) is 3. The second-order valence-electron chi connectivity index (χ2n) is 10.3. The minimum atomic E-state index is -0.979. The monoisotopic (exact) mass is 483 g/mol. The quantitative estimate of drug-likeness (QED) is 0.367. The Morgan fingerprint density at radius 3 is 2.03 bits per heavy atom. The fraction of sp³-hybridized carbons (Fsp3) is 0.344. The van der Waals surface area contributed by atoms with Crippen molar-refractivity contribution in [3.05, 3.63) is 113 Å². The van der Waals surface area contributed by atoms with E-state index >= 15 is 0 Å². The molecule has 1 atom stereocenters. The Balaban J connectivity index is 1.35. The molecule has 2 N–H and O–H groups in total. The zero-order chi connectivity index (χ0) is 25.5. The molecule has 3 aromatic carbocycles. The number of likely N-dealkylation sites (tertiary alicyclic amines) is 1. The van der Waals surface area contributed by atoms with E-state index < -0.39 is 17.5 Å². The molecule has 0 aliphatic carbocycles. The standard InChI is InChI=1S/C32H37NO3/c1-32(2,31(35)36)28-16-9-15-27(23-28)29(34)17-10-20-33-21-18-26(19-22-33)30(24-11-5-3-6-12-24)25-13-7-4-8-14-25/h3-9,11-16,23,29,34H,10,17-22H2,1-2H3,(H,35,36). The van der Waals surface area contributed by atoms with Crippen molar-refractivity contribution in [1.82, 2.24) is 4.90 Å². The van der Waals surface area contributed by atoms with E-state index in [1.54, 1.807) is 13.8 Å². The molecule has 188 valence electrons. The van der Waals surface area contributed by atoms with Gasteiger partial charge in [0.15, 0.2) is 0 Å². The van der Waals surface area contributed by atoms with Crippen LogP contribution in [0.25, 0.3) is 5.57 Å². The molecular weight excluding hydrogens is 446 g/mol. The molecule has 1 aliphatic rings. The summed E-state index contributed by atoms with van der Waals surface area (Å²) in [6.45, 7) is 6.40. The molecule has 4 nitrogen and oxygen atoms in total. The average molecular weight is 484 g/mol. The molecule has 1 heterocycles. The van der Waals surface area contributed by atoms with Crippen LogP contribution in [0.5, 0.6) is 0 Å². The summed E-state index contributed by atoms with van der Waals surface area (Å²) in [5.41, 5.74) is 5.98. The van der Waals surface area contributed by atoms with E-state index in [2.05, 4.69) is 65.6 Å². The smallest absolute Gasteiger partial charge is 0.313 e. The Bertz CT molecular complexity index is 1130. The second-order valence-corrected chi connectivity index (χ2v) is 10.3. The second kappa shape index (κ2) is 11.7. The predicted molar refractivity (Wildman–Crippen MR) is 146 cm³/mol. The Morgan fingerprint density at radius 2 is 1.47 bits per heavy atom. The van der Waals surface area contributed by atoms with Gasteiger partial charge in [-0.3, -0.25) is 4.79 Å². The topological polar surface area (TPSA) is 60.8 Å². The predicted octanol–water partition coefficient (Wildman–Crippen LogP) is 6.46. The lowest BCUT2D eigenvalue weighted by Crippen LogP contribution is -2.32. The van der Waals surface area contributed by atoms with Crippen LogP contribution in [-0.2, 0) is 10.2 Å². The van der Waals surface area contributed by atoms with Crippen molar-refractivity contribution in [3.8, 4) is 0 Å². The summed E-state index contributed by atoms with van der Waals surface area (Å²) >= 11 is 0. The van der Waals surface area contributed by atoms with Gasteiger partial charge in [-0.15, -0.1) is 0 Å². The third kappa shape index (κ3) is 6.13. The number of aliphatic carboxylic acids is 1. The number of carboxylic acid groups (broad SMARTS) is 1. The third-order valence-electron chi connectivity index (χ3n) is 7.42. The van der Waals surface area contributed by atoms with Gasteiger partial charge < -0.3 is 15.1 Å². The molecular formula is C32H37NO3. The lowest BCUT2D eigenvalue weighted by Gasteiger charge is -2.30. The highest BCUT2D eigenvalue weighted by Crippen LogP contribution is 2.33. The van der Waals surface area contributed by atoms with Gasteiger partial charge in [0.05, 0.1) is 11.5 Å². The van der Waals surface area contributed by atoms with E-state index in [1.807, 2.05) is 24.3 Å². The fourth-order valence-corrected chi connectivity index (χ4v) is 5.01. The first-order valence-electron chi connectivity index (χ1n) is 12.9. The summed E-state index contributed by atoms with van der Waals surface area (Å²) in [7, 11) is 0. The maximum Gasteiger partial charge on any atom is 0.313 e. The maximum absolute atomic E-state index is 11.6. The molecule has 0 amide bonds. The van der Waals surface area contributed by atoms with E-state index in [1.165, 1.54) is 22.3 Å². The van der Waals surface area contributed by atoms with E-state index in [0.717, 1.165) is 50.0 Å². The summed E-state index contributed by atoms with van der Waals surface area (Å²) in [6, 6.07) is 28.8. The van der Waals surface area contributed by atoms with E-state index in [0.29, 0.717) is 6.42 Å². The molecule has 0 radical (unpaired) electrons. The van der Waals surface area contributed by atoms with Crippen molar-refractivity contribution in [2.45, 2.75) is 51.0 Å². The van der Waals surface area contributed by atoms with Crippen LogP contribution in [0.3, 0.4) is 0 Å². The van der Waals surface area contributed by atoms with Crippen LogP contribution < -0.4 is 0 Å². The summed E-state index contributed by atoms with van der Waals surface area (Å²) < 4.78 is 0. The van der Waals surface area contributed by atoms with Gasteiger partial charge in [0, 0.05) is 13.1 Å². The van der Waals surface area contributed by atoms with Crippen molar-refractivity contribution in [2.75, 3.05) is 19.6 Å². The fourth-order valence-electron chi connectivity index (χ4n) is 5.01. The third-order valence-corrected chi connectivity index (χ3v) is 7.42. The summed E-state index contributed by atoms with van der Waals surface area (Å²) in [4.78, 5) is 14.1. The van der Waals surface area contributed by atoms with Crippen molar-refractivity contribution in [2.24, 2.45) is 0 Å². The zero-order valence-electron chi connectivity index (χ0n) is 21.4. The highest BCUT2D eigenvalue weighted by Gasteiger charge is 2.30. The molecule has 3 aromatic rings. The molecule has 4 rings (SSSR count). The van der Waals surface area contributed by atoms with Crippen LogP contribution in [0, 0.1) is 0 Å². The van der Waals surface area contributed by atoms with Crippen molar-refractivity contribution < 1.29 is 15.0 Å². The Morgan fingerprint density at radius 1 is 0.889 bits per heavy atom. The number of aliphatic hydroxyl groups excluding tert-OH is 1. The molecule has 36 heavy (non-hydrogen) atoms. The van der Waals surface area contributed by atoms with Gasteiger partial charge in [-0.25, -0.2) is 0 Å². The first kappa shape index (κ1) is 25.9. The summed E-state index contributed by atoms with van der Waals surface area (Å²) in [6.07, 6.45) is 3.08. The van der Waals surface area contributed by atoms with Crippen molar-refractivity contribution >= 4 is 11.5 Å². The molecule has 0 spiro atoms. The van der Waals surface area contributed by atoms with Gasteiger partial charge in [0.25, 0.3) is 0 Å². The number of carboxylic acids is 1. The Kier molecular flexibility index (Phi) is 8.40. The number of hydrogen-bond donors (Lipinski definition) is 2. The first-order valence-corrected chi connectivity index (χ1v) is 12.9. The zero-order valence-corrected chi connectivity index (χ0v) is 21.4. The SMILES string of the molecule is CC(C)(C(=O)O)c1cccc(C(O)CCCN2CCC(=C(c3ccccc3)c3ccccc3)CC2)c1. The normalized spacial score (nSPS) is 15.5. The molecule has 0 bridgehead atoms. The Labute approximate surface area is 214 Å². The van der Waals surface area contributed by atoms with Crippen LogP contribution in [0.4, 0.5) is 0 Å². The van der Waals surface area contributed by atoms with Crippen LogP contribution in [0.2, 0.25) is 0 Å². The van der Waals surface area contributed by atoms with Gasteiger partial charge in [-0.05, 0) is 73.9 Å². The van der Waals surface area contributed by atoms with Gasteiger partial charge in [-0.2, -0.15) is 0 Å². The van der Waals surface area contributed by atoms with Gasteiger partial charge >= 0.3 is 5.97 Å². The number of nitrogens with zero attached hydrogens (tertiary/aromatic N) is 1. The van der Waals surface area contributed by atoms with Gasteiger partial charge in [-0.1, -0.05) is 90.5 Å². The minimum Gasteiger partial charge on any atom is -0.481 e. The largest absolute Gasteiger partial charge is 0.481 e. The first-order chi connectivity index (χ1) is 17.4.